The van der Waals surface area contributed by atoms with E-state index in [-0.39, 0.29) is 5.75 Å². The predicted molar refractivity (Wildman–Crippen MR) is 65.3 cm³/mol. The minimum absolute atomic E-state index is 0.108. The molecule has 2 nitrogen and oxygen atoms in total. The lowest BCUT2D eigenvalue weighted by Gasteiger charge is -2.28. The lowest BCUT2D eigenvalue weighted by molar-refractivity contribution is -0.185. The third-order valence-corrected chi connectivity index (χ3v) is 3.02. The Morgan fingerprint density at radius 2 is 2.00 bits per heavy atom. The van der Waals surface area contributed by atoms with E-state index in [1.165, 1.54) is 18.2 Å². The van der Waals surface area contributed by atoms with Crippen LogP contribution in [0, 0.1) is 6.92 Å². The molecule has 0 spiro atoms. The van der Waals surface area contributed by atoms with Gasteiger partial charge in [0.2, 0.25) is 6.10 Å². The molecule has 19 heavy (non-hydrogen) atoms. The fourth-order valence-corrected chi connectivity index (χ4v) is 2.26. The molecule has 0 fully saturated rings. The molecule has 1 atom stereocenters. The molecule has 0 N–H and O–H groups in total. The molecule has 1 aromatic rings. The number of Topliss-reactive ketones (excluding diaryl/α,β-unsaturated/α-hetero) is 1. The highest BCUT2D eigenvalue weighted by Crippen LogP contribution is 2.40. The van der Waals surface area contributed by atoms with Crippen LogP contribution in [0.1, 0.15) is 18.1 Å². The molecule has 0 aliphatic carbocycles. The second kappa shape index (κ2) is 4.56. The molecule has 0 amide bonds. The summed E-state index contributed by atoms with van der Waals surface area (Å²) in [5.74, 6) is -0.567. The fourth-order valence-electron chi connectivity index (χ4n) is 1.98. The van der Waals surface area contributed by atoms with Crippen LogP contribution in [0.2, 0.25) is 5.02 Å². The Balaban J connectivity index is 2.61. The van der Waals surface area contributed by atoms with Crippen LogP contribution in [-0.2, 0) is 4.79 Å². The van der Waals surface area contributed by atoms with E-state index in [1.807, 2.05) is 0 Å². The molecule has 1 aliphatic rings. The molecule has 102 valence electrons. The first-order valence-electron chi connectivity index (χ1n) is 5.46. The van der Waals surface area contributed by atoms with E-state index in [9.17, 15) is 18.0 Å². The Morgan fingerprint density at radius 3 is 2.53 bits per heavy atom. The van der Waals surface area contributed by atoms with Crippen LogP contribution >= 0.6 is 11.6 Å². The summed E-state index contributed by atoms with van der Waals surface area (Å²) in [5, 5.41) is 0.379. The van der Waals surface area contributed by atoms with Crippen molar-refractivity contribution in [3.63, 3.8) is 0 Å². The number of ether oxygens (including phenoxy) is 1. The van der Waals surface area contributed by atoms with Gasteiger partial charge in [0.25, 0.3) is 0 Å². The van der Waals surface area contributed by atoms with Crippen LogP contribution in [0.15, 0.2) is 17.7 Å². The zero-order valence-electron chi connectivity index (χ0n) is 10.1. The monoisotopic (exact) mass is 290 g/mol. The van der Waals surface area contributed by atoms with Gasteiger partial charge in [0.1, 0.15) is 5.75 Å². The number of hydrogen-bond acceptors (Lipinski definition) is 2. The minimum Gasteiger partial charge on any atom is -0.475 e. The number of carbonyl (C=O) groups excluding carboxylic acids is 1. The van der Waals surface area contributed by atoms with Crippen LogP contribution < -0.4 is 4.74 Å². The summed E-state index contributed by atoms with van der Waals surface area (Å²) in [4.78, 5) is 11.4. The van der Waals surface area contributed by atoms with E-state index in [0.717, 1.165) is 6.92 Å². The molecule has 1 unspecified atom stereocenters. The molecule has 0 saturated carbocycles. The number of halogens is 4. The number of hydrogen-bond donors (Lipinski definition) is 0. The van der Waals surface area contributed by atoms with E-state index < -0.39 is 23.6 Å². The Labute approximate surface area is 112 Å². The van der Waals surface area contributed by atoms with Gasteiger partial charge in [0.05, 0.1) is 0 Å². The van der Waals surface area contributed by atoms with Crippen molar-refractivity contribution >= 4 is 23.5 Å². The van der Waals surface area contributed by atoms with Gasteiger partial charge in [-0.2, -0.15) is 13.2 Å². The van der Waals surface area contributed by atoms with Gasteiger partial charge in [0.15, 0.2) is 5.78 Å². The Morgan fingerprint density at radius 1 is 1.37 bits per heavy atom. The lowest BCUT2D eigenvalue weighted by Crippen LogP contribution is -2.40. The zero-order valence-corrected chi connectivity index (χ0v) is 10.9. The van der Waals surface area contributed by atoms with Crippen molar-refractivity contribution in [3.05, 3.63) is 33.9 Å². The molecule has 1 heterocycles. The van der Waals surface area contributed by atoms with E-state index in [0.29, 0.717) is 16.1 Å². The summed E-state index contributed by atoms with van der Waals surface area (Å²) >= 11 is 5.84. The first-order valence-corrected chi connectivity index (χ1v) is 5.84. The second-order valence-electron chi connectivity index (χ2n) is 4.34. The standard InChI is InChI=1S/C13H10ClF3O2/c1-6-3-9(14)4-8-5-10(7(2)18)12(13(15,16)17)19-11(6)8/h3-5,12H,1-2H3. The topological polar surface area (TPSA) is 26.3 Å². The maximum absolute atomic E-state index is 12.9. The van der Waals surface area contributed by atoms with Crippen molar-refractivity contribution in [2.24, 2.45) is 0 Å². The molecule has 0 bridgehead atoms. The average molecular weight is 291 g/mol. The quantitative estimate of drug-likeness (QED) is 0.783. The summed E-state index contributed by atoms with van der Waals surface area (Å²) in [6.45, 7) is 2.68. The molecular weight excluding hydrogens is 281 g/mol. The third-order valence-electron chi connectivity index (χ3n) is 2.80. The smallest absolute Gasteiger partial charge is 0.429 e. The van der Waals surface area contributed by atoms with Gasteiger partial charge in [-0.1, -0.05) is 11.6 Å². The van der Waals surface area contributed by atoms with Crippen molar-refractivity contribution < 1.29 is 22.7 Å². The van der Waals surface area contributed by atoms with Gasteiger partial charge >= 0.3 is 6.18 Å². The van der Waals surface area contributed by atoms with Crippen LogP contribution in [-0.4, -0.2) is 18.1 Å². The van der Waals surface area contributed by atoms with Crippen molar-refractivity contribution in [2.75, 3.05) is 0 Å². The number of aryl methyl sites for hydroxylation is 1. The number of benzene rings is 1. The number of ketones is 1. The molecule has 6 heteroatoms. The summed E-state index contributed by atoms with van der Waals surface area (Å²) in [6.07, 6.45) is -5.67. The number of carbonyl (C=O) groups is 1. The van der Waals surface area contributed by atoms with E-state index >= 15 is 0 Å². The van der Waals surface area contributed by atoms with Crippen LogP contribution in [0.3, 0.4) is 0 Å². The molecule has 1 aromatic carbocycles. The number of fused-ring (bicyclic) bond motifs is 1. The number of alkyl halides is 3. The van der Waals surface area contributed by atoms with Crippen LogP contribution in [0.25, 0.3) is 6.08 Å². The molecule has 1 aliphatic heterocycles. The maximum Gasteiger partial charge on any atom is 0.429 e. The predicted octanol–water partition coefficient (Wildman–Crippen LogP) is 3.94. The Hall–Kier alpha value is -1.49. The molecular formula is C13H10ClF3O2. The minimum atomic E-state index is -4.64. The van der Waals surface area contributed by atoms with Gasteiger partial charge in [0, 0.05) is 16.2 Å². The summed E-state index contributed by atoms with van der Waals surface area (Å²) in [6, 6.07) is 2.99. The second-order valence-corrected chi connectivity index (χ2v) is 4.77. The zero-order chi connectivity index (χ0) is 14.4. The van der Waals surface area contributed by atoms with Crippen molar-refractivity contribution in [3.8, 4) is 5.75 Å². The summed E-state index contributed by atoms with van der Waals surface area (Å²) in [5.41, 5.74) is 0.466. The van der Waals surface area contributed by atoms with E-state index in [1.54, 1.807) is 6.92 Å². The van der Waals surface area contributed by atoms with Crippen LogP contribution in [0.5, 0.6) is 5.75 Å². The molecule has 0 saturated heterocycles. The molecule has 0 radical (unpaired) electrons. The van der Waals surface area contributed by atoms with Gasteiger partial charge in [-0.25, -0.2) is 0 Å². The van der Waals surface area contributed by atoms with Gasteiger partial charge < -0.3 is 4.74 Å². The lowest BCUT2D eigenvalue weighted by atomic mass is 9.97. The molecule has 2 rings (SSSR count). The maximum atomic E-state index is 12.9. The van der Waals surface area contributed by atoms with E-state index in [4.69, 9.17) is 16.3 Å². The fraction of sp³-hybridized carbons (Fsp3) is 0.308. The van der Waals surface area contributed by atoms with Crippen LogP contribution in [0.4, 0.5) is 13.2 Å². The van der Waals surface area contributed by atoms with Crippen molar-refractivity contribution in [1.29, 1.82) is 0 Å². The number of rotatable bonds is 1. The molecule has 0 aromatic heterocycles. The Bertz CT molecular complexity index is 576. The highest BCUT2D eigenvalue weighted by Gasteiger charge is 2.47. The van der Waals surface area contributed by atoms with Gasteiger partial charge in [-0.15, -0.1) is 0 Å². The van der Waals surface area contributed by atoms with Crippen molar-refractivity contribution in [1.82, 2.24) is 0 Å². The third kappa shape index (κ3) is 2.61. The largest absolute Gasteiger partial charge is 0.475 e. The first-order chi connectivity index (χ1) is 8.70. The summed E-state index contributed by atoms with van der Waals surface area (Å²) in [7, 11) is 0. The van der Waals surface area contributed by atoms with Crippen molar-refractivity contribution in [2.45, 2.75) is 26.1 Å². The van der Waals surface area contributed by atoms with Gasteiger partial charge in [-0.3, -0.25) is 4.79 Å². The highest BCUT2D eigenvalue weighted by atomic mass is 35.5. The van der Waals surface area contributed by atoms with E-state index in [2.05, 4.69) is 0 Å². The Kier molecular flexibility index (Phi) is 3.34. The first kappa shape index (κ1) is 13.9. The van der Waals surface area contributed by atoms with Gasteiger partial charge in [-0.05, 0) is 37.6 Å². The average Bonchev–Trinajstić information content (AvgIpc) is 2.25. The summed E-state index contributed by atoms with van der Waals surface area (Å²) < 4.78 is 43.7. The highest BCUT2D eigenvalue weighted by molar-refractivity contribution is 6.30. The SMILES string of the molecule is CC(=O)C1=Cc2cc(Cl)cc(C)c2OC1C(F)(F)F. The normalized spacial score (nSPS) is 18.4.